The number of hydrogen-bond donors (Lipinski definition) is 1. The van der Waals surface area contributed by atoms with Gasteiger partial charge in [-0.3, -0.25) is 9.69 Å². The summed E-state index contributed by atoms with van der Waals surface area (Å²) in [5.41, 5.74) is 0.469. The number of carbonyl (C=O) groups excluding carboxylic acids is 2. The van der Waals surface area contributed by atoms with Crippen LogP contribution in [0.4, 0.5) is 0 Å². The monoisotopic (exact) mass is 352 g/mol. The molecular weight excluding hydrogens is 324 g/mol. The van der Waals surface area contributed by atoms with Crippen LogP contribution < -0.4 is 5.32 Å². The normalized spacial score (nSPS) is 15.9. The van der Waals surface area contributed by atoms with Crippen molar-refractivity contribution in [1.29, 1.82) is 0 Å². The molecule has 140 valence electrons. The van der Waals surface area contributed by atoms with Crippen molar-refractivity contribution < 1.29 is 23.5 Å². The quantitative estimate of drug-likeness (QED) is 0.539. The molecule has 0 aliphatic carbocycles. The Hall–Kier alpha value is -1.86. The fraction of sp³-hybridized carbons (Fsp3) is 0.667. The fourth-order valence-corrected chi connectivity index (χ4v) is 2.99. The second-order valence-corrected chi connectivity index (χ2v) is 6.14. The van der Waals surface area contributed by atoms with Gasteiger partial charge in [-0.15, -0.1) is 0 Å². The van der Waals surface area contributed by atoms with Crippen LogP contribution in [0, 0.1) is 5.92 Å². The maximum absolute atomic E-state index is 12.2. The Labute approximate surface area is 148 Å². The minimum atomic E-state index is -0.384. The summed E-state index contributed by atoms with van der Waals surface area (Å²) in [6, 6.07) is 1.63. The predicted octanol–water partition coefficient (Wildman–Crippen LogP) is 1.82. The van der Waals surface area contributed by atoms with Crippen LogP contribution in [0.15, 0.2) is 16.7 Å². The molecule has 1 aliphatic rings. The van der Waals surface area contributed by atoms with E-state index in [0.717, 1.165) is 32.4 Å². The number of nitrogens with one attached hydrogen (secondary N) is 1. The highest BCUT2D eigenvalue weighted by atomic mass is 16.5. The number of ether oxygens (including phenoxy) is 2. The van der Waals surface area contributed by atoms with Gasteiger partial charge in [0.05, 0.1) is 19.9 Å². The molecule has 25 heavy (non-hydrogen) atoms. The molecule has 1 aromatic heterocycles. The van der Waals surface area contributed by atoms with Crippen molar-refractivity contribution in [1.82, 2.24) is 10.2 Å². The Balaban J connectivity index is 1.72. The highest BCUT2D eigenvalue weighted by molar-refractivity contribution is 5.90. The van der Waals surface area contributed by atoms with Gasteiger partial charge in [0.25, 0.3) is 0 Å². The molecule has 2 heterocycles. The van der Waals surface area contributed by atoms with Crippen LogP contribution in [0.5, 0.6) is 0 Å². The average molecular weight is 352 g/mol. The molecule has 0 spiro atoms. The van der Waals surface area contributed by atoms with E-state index in [1.165, 1.54) is 13.4 Å². The molecule has 7 heteroatoms. The van der Waals surface area contributed by atoms with Crippen LogP contribution in [0.3, 0.4) is 0 Å². The molecule has 0 unspecified atom stereocenters. The van der Waals surface area contributed by atoms with E-state index in [-0.39, 0.29) is 17.8 Å². The van der Waals surface area contributed by atoms with E-state index in [1.807, 2.05) is 6.92 Å². The van der Waals surface area contributed by atoms with Gasteiger partial charge >= 0.3 is 5.97 Å². The lowest BCUT2D eigenvalue weighted by Gasteiger charge is -2.30. The summed E-state index contributed by atoms with van der Waals surface area (Å²) < 4.78 is 15.4. The summed E-state index contributed by atoms with van der Waals surface area (Å²) >= 11 is 0. The maximum atomic E-state index is 12.2. The van der Waals surface area contributed by atoms with Crippen LogP contribution in [0.1, 0.15) is 42.3 Å². The molecule has 1 N–H and O–H groups in total. The molecule has 0 bridgehead atoms. The molecule has 0 saturated carbocycles. The van der Waals surface area contributed by atoms with Gasteiger partial charge in [0, 0.05) is 25.7 Å². The van der Waals surface area contributed by atoms with Gasteiger partial charge in [-0.2, -0.15) is 0 Å². The van der Waals surface area contributed by atoms with E-state index < -0.39 is 0 Å². The lowest BCUT2D eigenvalue weighted by atomic mass is 9.95. The number of amides is 1. The maximum Gasteiger partial charge on any atom is 0.341 e. The molecular formula is C18H28N2O5. The van der Waals surface area contributed by atoms with E-state index >= 15 is 0 Å². The Morgan fingerprint density at radius 1 is 1.36 bits per heavy atom. The van der Waals surface area contributed by atoms with Gasteiger partial charge in [-0.05, 0) is 45.3 Å². The molecule has 1 aromatic rings. The highest BCUT2D eigenvalue weighted by Gasteiger charge is 2.26. The molecule has 1 saturated heterocycles. The van der Waals surface area contributed by atoms with Crippen molar-refractivity contribution in [3.05, 3.63) is 23.7 Å². The molecule has 1 aliphatic heterocycles. The SMILES string of the molecule is CCOCCCNC(=O)C1CCN(Cc2occc2C(=O)OC)CC1. The number of carbonyl (C=O) groups is 2. The standard InChI is InChI=1S/C18H28N2O5/c1-3-24-11-4-8-19-17(21)14-5-9-20(10-6-14)13-16-15(7-12-25-16)18(22)23-2/h7,12,14H,3-6,8-11,13H2,1-2H3,(H,19,21). The third kappa shape index (κ3) is 5.86. The van der Waals surface area contributed by atoms with Gasteiger partial charge in [0.2, 0.25) is 5.91 Å². The summed E-state index contributed by atoms with van der Waals surface area (Å²) in [6.45, 7) is 6.18. The van der Waals surface area contributed by atoms with Crippen molar-refractivity contribution >= 4 is 11.9 Å². The zero-order valence-corrected chi connectivity index (χ0v) is 15.1. The van der Waals surface area contributed by atoms with Gasteiger partial charge < -0.3 is 19.2 Å². The second kappa shape index (κ2) is 10.2. The number of rotatable bonds is 9. The van der Waals surface area contributed by atoms with Crippen molar-refractivity contribution in [2.75, 3.05) is 40.0 Å². The Bertz CT molecular complexity index is 549. The minimum Gasteiger partial charge on any atom is -0.467 e. The average Bonchev–Trinajstić information content (AvgIpc) is 3.09. The van der Waals surface area contributed by atoms with Gasteiger partial charge in [0.1, 0.15) is 11.3 Å². The predicted molar refractivity (Wildman–Crippen MR) is 92.2 cm³/mol. The fourth-order valence-electron chi connectivity index (χ4n) is 2.99. The summed E-state index contributed by atoms with van der Waals surface area (Å²) in [7, 11) is 1.36. The molecule has 1 amide bonds. The van der Waals surface area contributed by atoms with E-state index in [9.17, 15) is 9.59 Å². The molecule has 0 atom stereocenters. The van der Waals surface area contributed by atoms with E-state index in [0.29, 0.717) is 37.6 Å². The Morgan fingerprint density at radius 3 is 2.80 bits per heavy atom. The van der Waals surface area contributed by atoms with Crippen molar-refractivity contribution in [2.45, 2.75) is 32.7 Å². The largest absolute Gasteiger partial charge is 0.467 e. The summed E-state index contributed by atoms with van der Waals surface area (Å²) in [5.74, 6) is 0.417. The van der Waals surface area contributed by atoms with Crippen LogP contribution >= 0.6 is 0 Å². The van der Waals surface area contributed by atoms with Gasteiger partial charge in [-0.1, -0.05) is 0 Å². The number of piperidine rings is 1. The van der Waals surface area contributed by atoms with E-state index in [2.05, 4.69) is 10.2 Å². The van der Waals surface area contributed by atoms with Gasteiger partial charge in [0.15, 0.2) is 0 Å². The molecule has 7 nitrogen and oxygen atoms in total. The van der Waals surface area contributed by atoms with Crippen molar-refractivity contribution in [3.8, 4) is 0 Å². The minimum absolute atomic E-state index is 0.0556. The lowest BCUT2D eigenvalue weighted by Crippen LogP contribution is -2.40. The number of nitrogens with zero attached hydrogens (tertiary/aromatic N) is 1. The molecule has 2 rings (SSSR count). The third-order valence-electron chi connectivity index (χ3n) is 4.45. The lowest BCUT2D eigenvalue weighted by molar-refractivity contribution is -0.126. The van der Waals surface area contributed by atoms with Crippen LogP contribution in [-0.4, -0.2) is 56.7 Å². The number of methoxy groups -OCH3 is 1. The van der Waals surface area contributed by atoms with Crippen LogP contribution in [-0.2, 0) is 20.8 Å². The Morgan fingerprint density at radius 2 is 2.12 bits per heavy atom. The first kappa shape index (κ1) is 19.5. The molecule has 0 aromatic carbocycles. The summed E-state index contributed by atoms with van der Waals surface area (Å²) in [4.78, 5) is 26.1. The number of esters is 1. The number of furan rings is 1. The first-order valence-electron chi connectivity index (χ1n) is 8.88. The van der Waals surface area contributed by atoms with Gasteiger partial charge in [-0.25, -0.2) is 4.79 Å². The number of hydrogen-bond acceptors (Lipinski definition) is 6. The van der Waals surface area contributed by atoms with E-state index in [1.54, 1.807) is 6.07 Å². The van der Waals surface area contributed by atoms with Crippen molar-refractivity contribution in [3.63, 3.8) is 0 Å². The third-order valence-corrected chi connectivity index (χ3v) is 4.45. The topological polar surface area (TPSA) is 81.0 Å². The van der Waals surface area contributed by atoms with E-state index in [4.69, 9.17) is 13.9 Å². The summed E-state index contributed by atoms with van der Waals surface area (Å²) in [5, 5.41) is 2.99. The second-order valence-electron chi connectivity index (χ2n) is 6.14. The smallest absolute Gasteiger partial charge is 0.341 e. The first-order chi connectivity index (χ1) is 12.2. The molecule has 1 fully saturated rings. The van der Waals surface area contributed by atoms with Crippen molar-refractivity contribution in [2.24, 2.45) is 5.92 Å². The van der Waals surface area contributed by atoms with Crippen LogP contribution in [0.25, 0.3) is 0 Å². The summed E-state index contributed by atoms with van der Waals surface area (Å²) in [6.07, 6.45) is 3.97. The number of likely N-dealkylation sites (tertiary alicyclic amines) is 1. The first-order valence-corrected chi connectivity index (χ1v) is 8.88. The molecule has 0 radical (unpaired) electrons. The zero-order valence-electron chi connectivity index (χ0n) is 15.1. The Kier molecular flexibility index (Phi) is 7.94. The highest BCUT2D eigenvalue weighted by Crippen LogP contribution is 2.21. The zero-order chi connectivity index (χ0) is 18.1. The van der Waals surface area contributed by atoms with Crippen LogP contribution in [0.2, 0.25) is 0 Å².